The Balaban J connectivity index is 2.17. The van der Waals surface area contributed by atoms with Gasteiger partial charge in [-0.05, 0) is 24.3 Å². The molecule has 0 saturated heterocycles. The van der Waals surface area contributed by atoms with Gasteiger partial charge in [0.15, 0.2) is 0 Å². The van der Waals surface area contributed by atoms with Crippen LogP contribution in [0.15, 0.2) is 54.6 Å². The van der Waals surface area contributed by atoms with Crippen LogP contribution in [0.25, 0.3) is 16.9 Å². The van der Waals surface area contributed by atoms with Crippen molar-refractivity contribution in [2.45, 2.75) is 6.54 Å². The van der Waals surface area contributed by atoms with Crippen LogP contribution in [0.3, 0.4) is 0 Å². The van der Waals surface area contributed by atoms with Crippen LogP contribution in [0.2, 0.25) is 0 Å². The molecule has 0 saturated carbocycles. The van der Waals surface area contributed by atoms with Gasteiger partial charge in [-0.3, -0.25) is 0 Å². The van der Waals surface area contributed by atoms with Crippen molar-refractivity contribution in [2.75, 3.05) is 0 Å². The molecule has 1 heterocycles. The average Bonchev–Trinajstić information content (AvgIpc) is 2.93. The SMILES string of the molecule is NCc1nnn(-c2ccc(O)cc2)c1-c1ccccc1. The van der Waals surface area contributed by atoms with Gasteiger partial charge in [0.1, 0.15) is 11.4 Å². The van der Waals surface area contributed by atoms with Crippen LogP contribution in [0.5, 0.6) is 5.75 Å². The number of nitrogens with zero attached hydrogens (tertiary/aromatic N) is 3. The fourth-order valence-electron chi connectivity index (χ4n) is 2.11. The van der Waals surface area contributed by atoms with E-state index in [9.17, 15) is 5.11 Å². The number of hydrogen-bond acceptors (Lipinski definition) is 4. The highest BCUT2D eigenvalue weighted by molar-refractivity contribution is 5.64. The van der Waals surface area contributed by atoms with Crippen molar-refractivity contribution in [3.8, 4) is 22.7 Å². The van der Waals surface area contributed by atoms with Crippen molar-refractivity contribution >= 4 is 0 Å². The Kier molecular flexibility index (Phi) is 3.18. The summed E-state index contributed by atoms with van der Waals surface area (Å²) in [7, 11) is 0. The molecule has 0 fully saturated rings. The molecule has 20 heavy (non-hydrogen) atoms. The van der Waals surface area contributed by atoms with E-state index >= 15 is 0 Å². The lowest BCUT2D eigenvalue weighted by molar-refractivity contribution is 0.475. The lowest BCUT2D eigenvalue weighted by Crippen LogP contribution is -2.02. The first-order valence-corrected chi connectivity index (χ1v) is 6.29. The number of hydrogen-bond donors (Lipinski definition) is 2. The molecule has 0 spiro atoms. The topological polar surface area (TPSA) is 77.0 Å². The molecule has 0 radical (unpaired) electrons. The molecule has 1 aromatic heterocycles. The molecule has 0 aliphatic carbocycles. The van der Waals surface area contributed by atoms with Gasteiger partial charge in [0, 0.05) is 12.1 Å². The van der Waals surface area contributed by atoms with Gasteiger partial charge in [-0.25, -0.2) is 4.68 Å². The van der Waals surface area contributed by atoms with E-state index in [1.54, 1.807) is 28.9 Å². The lowest BCUT2D eigenvalue weighted by Gasteiger charge is -2.08. The Hall–Kier alpha value is -2.66. The molecule has 0 atom stereocenters. The summed E-state index contributed by atoms with van der Waals surface area (Å²) in [6, 6.07) is 16.7. The Bertz CT molecular complexity index is 704. The molecule has 0 unspecified atom stereocenters. The quantitative estimate of drug-likeness (QED) is 0.761. The summed E-state index contributed by atoms with van der Waals surface area (Å²) in [5.41, 5.74) is 9.19. The van der Waals surface area contributed by atoms with Gasteiger partial charge in [-0.2, -0.15) is 0 Å². The highest BCUT2D eigenvalue weighted by atomic mass is 16.3. The van der Waals surface area contributed by atoms with Crippen LogP contribution in [-0.2, 0) is 6.54 Å². The smallest absolute Gasteiger partial charge is 0.115 e. The second-order valence-electron chi connectivity index (χ2n) is 4.38. The van der Waals surface area contributed by atoms with Crippen LogP contribution in [0.4, 0.5) is 0 Å². The van der Waals surface area contributed by atoms with E-state index in [0.29, 0.717) is 6.54 Å². The Morgan fingerprint density at radius 2 is 1.70 bits per heavy atom. The molecule has 0 aliphatic rings. The molecule has 0 bridgehead atoms. The molecule has 100 valence electrons. The summed E-state index contributed by atoms with van der Waals surface area (Å²) < 4.78 is 1.73. The second-order valence-corrected chi connectivity index (χ2v) is 4.38. The first-order chi connectivity index (χ1) is 9.79. The summed E-state index contributed by atoms with van der Waals surface area (Å²) in [5.74, 6) is 0.217. The zero-order chi connectivity index (χ0) is 13.9. The maximum Gasteiger partial charge on any atom is 0.115 e. The van der Waals surface area contributed by atoms with Crippen molar-refractivity contribution in [1.29, 1.82) is 0 Å². The first-order valence-electron chi connectivity index (χ1n) is 6.29. The molecule has 3 rings (SSSR count). The van der Waals surface area contributed by atoms with E-state index in [0.717, 1.165) is 22.6 Å². The normalized spacial score (nSPS) is 10.7. The van der Waals surface area contributed by atoms with E-state index in [-0.39, 0.29) is 5.75 Å². The van der Waals surface area contributed by atoms with Gasteiger partial charge in [0.2, 0.25) is 0 Å². The summed E-state index contributed by atoms with van der Waals surface area (Å²) in [6.07, 6.45) is 0. The zero-order valence-electron chi connectivity index (χ0n) is 10.8. The molecular formula is C15H14N4O. The summed E-state index contributed by atoms with van der Waals surface area (Å²) >= 11 is 0. The summed E-state index contributed by atoms with van der Waals surface area (Å²) in [6.45, 7) is 0.322. The monoisotopic (exact) mass is 266 g/mol. The third-order valence-corrected chi connectivity index (χ3v) is 3.07. The van der Waals surface area contributed by atoms with Crippen molar-refractivity contribution in [3.63, 3.8) is 0 Å². The Morgan fingerprint density at radius 3 is 2.35 bits per heavy atom. The predicted octanol–water partition coefficient (Wildman–Crippen LogP) is 2.10. The zero-order valence-corrected chi connectivity index (χ0v) is 10.8. The number of benzene rings is 2. The van der Waals surface area contributed by atoms with Gasteiger partial charge < -0.3 is 10.8 Å². The van der Waals surface area contributed by atoms with Gasteiger partial charge in [-0.15, -0.1) is 5.10 Å². The number of phenols is 1. The third-order valence-electron chi connectivity index (χ3n) is 3.07. The molecule has 5 heteroatoms. The minimum absolute atomic E-state index is 0.217. The average molecular weight is 266 g/mol. The van der Waals surface area contributed by atoms with Gasteiger partial charge in [0.25, 0.3) is 0 Å². The number of nitrogens with two attached hydrogens (primary N) is 1. The highest BCUT2D eigenvalue weighted by Crippen LogP contribution is 2.25. The van der Waals surface area contributed by atoms with E-state index in [4.69, 9.17) is 5.73 Å². The minimum Gasteiger partial charge on any atom is -0.508 e. The largest absolute Gasteiger partial charge is 0.508 e. The third kappa shape index (κ3) is 2.15. The van der Waals surface area contributed by atoms with Crippen molar-refractivity contribution in [1.82, 2.24) is 15.0 Å². The van der Waals surface area contributed by atoms with Gasteiger partial charge in [0.05, 0.1) is 11.4 Å². The van der Waals surface area contributed by atoms with E-state index in [2.05, 4.69) is 10.3 Å². The predicted molar refractivity (Wildman–Crippen MR) is 76.4 cm³/mol. The summed E-state index contributed by atoms with van der Waals surface area (Å²) in [5, 5.41) is 17.7. The molecule has 3 aromatic rings. The van der Waals surface area contributed by atoms with E-state index in [1.165, 1.54) is 0 Å². The molecule has 0 amide bonds. The first kappa shape index (κ1) is 12.4. The maximum absolute atomic E-state index is 9.38. The molecule has 3 N–H and O–H groups in total. The van der Waals surface area contributed by atoms with Gasteiger partial charge in [-0.1, -0.05) is 35.5 Å². The van der Waals surface area contributed by atoms with Crippen molar-refractivity contribution in [2.24, 2.45) is 5.73 Å². The number of aromatic hydroxyl groups is 1. The number of phenolic OH excluding ortho intramolecular Hbond substituents is 1. The molecular weight excluding hydrogens is 252 g/mol. The fraction of sp³-hybridized carbons (Fsp3) is 0.0667. The van der Waals surface area contributed by atoms with Gasteiger partial charge >= 0.3 is 0 Å². The van der Waals surface area contributed by atoms with Crippen LogP contribution >= 0.6 is 0 Å². The van der Waals surface area contributed by atoms with Crippen molar-refractivity contribution < 1.29 is 5.11 Å². The minimum atomic E-state index is 0.217. The molecule has 2 aromatic carbocycles. The van der Waals surface area contributed by atoms with E-state index in [1.807, 2.05) is 30.3 Å². The molecule has 5 nitrogen and oxygen atoms in total. The van der Waals surface area contributed by atoms with Crippen LogP contribution in [0.1, 0.15) is 5.69 Å². The van der Waals surface area contributed by atoms with Crippen LogP contribution < -0.4 is 5.73 Å². The molecule has 0 aliphatic heterocycles. The standard InChI is InChI=1S/C15H14N4O/c16-10-14-15(11-4-2-1-3-5-11)19(18-17-14)12-6-8-13(20)9-7-12/h1-9,20H,10,16H2. The Labute approximate surface area is 116 Å². The van der Waals surface area contributed by atoms with E-state index < -0.39 is 0 Å². The van der Waals surface area contributed by atoms with Crippen LogP contribution in [0, 0.1) is 0 Å². The van der Waals surface area contributed by atoms with Crippen molar-refractivity contribution in [3.05, 3.63) is 60.3 Å². The number of aromatic nitrogens is 3. The highest BCUT2D eigenvalue weighted by Gasteiger charge is 2.14. The maximum atomic E-state index is 9.38. The summed E-state index contributed by atoms with van der Waals surface area (Å²) in [4.78, 5) is 0. The second kappa shape index (κ2) is 5.14. The fourth-order valence-corrected chi connectivity index (χ4v) is 2.11. The number of rotatable bonds is 3. The Morgan fingerprint density at radius 1 is 1.00 bits per heavy atom. The van der Waals surface area contributed by atoms with Crippen LogP contribution in [-0.4, -0.2) is 20.1 Å². The lowest BCUT2D eigenvalue weighted by atomic mass is 10.1.